The molecule has 0 bridgehead atoms. The van der Waals surface area contributed by atoms with E-state index in [1.165, 1.54) is 11.1 Å². The number of likely N-dealkylation sites (tertiary alicyclic amines) is 1. The van der Waals surface area contributed by atoms with Gasteiger partial charge in [-0.2, -0.15) is 0 Å². The summed E-state index contributed by atoms with van der Waals surface area (Å²) >= 11 is 0. The first kappa shape index (κ1) is 36.3. The summed E-state index contributed by atoms with van der Waals surface area (Å²) in [7, 11) is -1.63. The maximum atomic E-state index is 6.34. The molecule has 1 unspecified atom stereocenters. The first-order valence-electron chi connectivity index (χ1n) is 32.3. The van der Waals surface area contributed by atoms with Gasteiger partial charge in [0.1, 0.15) is 13.8 Å². The molecule has 1 saturated heterocycles. The van der Waals surface area contributed by atoms with Crippen LogP contribution in [0.15, 0.2) is 48.5 Å². The molecule has 0 saturated carbocycles. The highest BCUT2D eigenvalue weighted by Gasteiger charge is 2.76. The molecule has 35 rings (SSSR count). The van der Waals surface area contributed by atoms with Crippen LogP contribution in [-0.2, 0) is 17.4 Å². The Labute approximate surface area is 479 Å². The molecule has 1 aliphatic heterocycles. The van der Waals surface area contributed by atoms with Crippen molar-refractivity contribution in [2.24, 2.45) is 0 Å². The van der Waals surface area contributed by atoms with E-state index < -0.39 is 13.5 Å². The van der Waals surface area contributed by atoms with Crippen molar-refractivity contribution >= 4 is 299 Å². The Morgan fingerprint density at radius 1 is 0.372 bits per heavy atom. The summed E-state index contributed by atoms with van der Waals surface area (Å²) in [5.74, 6) is 4.73. The minimum atomic E-state index is -1.63. The van der Waals surface area contributed by atoms with Gasteiger partial charge in [-0.05, 0) is 355 Å². The van der Waals surface area contributed by atoms with E-state index in [4.69, 9.17) is 4.74 Å². The Bertz CT molecular complexity index is 8030. The monoisotopic (exact) mass is 1080 g/mol. The molecular weight excluding hydrogens is 1060 g/mol. The van der Waals surface area contributed by atoms with Crippen LogP contribution >= 0.6 is 0 Å². The van der Waals surface area contributed by atoms with Crippen molar-refractivity contribution in [3.05, 3.63) is 87.5 Å². The van der Waals surface area contributed by atoms with Gasteiger partial charge in [0.15, 0.2) is 0 Å². The van der Waals surface area contributed by atoms with Gasteiger partial charge in [-0.3, -0.25) is 4.90 Å². The Morgan fingerprint density at radius 2 is 0.651 bits per heavy atom. The Morgan fingerprint density at radius 3 is 0.930 bits per heavy atom. The summed E-state index contributed by atoms with van der Waals surface area (Å²) in [5.41, 5.74) is 13.9. The Kier molecular flexibility index (Phi) is 3.80. The summed E-state index contributed by atoms with van der Waals surface area (Å²) in [5, 5.41) is 89.5. The van der Waals surface area contributed by atoms with E-state index in [-0.39, 0.29) is 11.5 Å². The van der Waals surface area contributed by atoms with E-state index in [2.05, 4.69) is 91.5 Å². The quantitative estimate of drug-likeness (QED) is 0.0935. The molecule has 0 aromatic heterocycles. The fourth-order valence-corrected chi connectivity index (χ4v) is 28.2. The Balaban J connectivity index is 0.941. The average molecular weight is 1080 g/mol. The van der Waals surface area contributed by atoms with Crippen LogP contribution < -0.4 is 4.74 Å². The van der Waals surface area contributed by atoms with Gasteiger partial charge in [0.05, 0.1) is 23.5 Å². The predicted molar refractivity (Wildman–Crippen MR) is 366 cm³/mol. The summed E-state index contributed by atoms with van der Waals surface area (Å²) in [6, 6.07) is 19.5. The molecule has 30 aromatic rings. The standard InChI is InChI=1S/C83H29NOSi/c1-5-15-85-22-12-8-20(9-13-22)17-84-18-82-77-69-61-51-41-33-25-23-24-27-31-29(25)37-45-39(31)49-43-35(27)36-28(24)32-30-26(23)34(33)42-48-38(30)46-40(32)50-44(36)54-53(43)65-59(49)67-57(45)63(55(61)47(37)41)71(77)73(67)79-75(65)76-66(54)60(50)68-58(46)64-56(48)62(52(42)51)70(69)78(82)72(64)74(68)80(76)83(79,82)81(84)21-10-6-19(7-11-21)14-16-86(2,3)4/h6-13,81H,5,15,17-18H2,1-4H3. The number of rotatable bonds is 6. The number of benzene rings is 20. The van der Waals surface area contributed by atoms with Crippen molar-refractivity contribution in [3.8, 4) is 17.2 Å². The van der Waals surface area contributed by atoms with Crippen molar-refractivity contribution < 1.29 is 4.74 Å². The highest BCUT2D eigenvalue weighted by molar-refractivity contribution is 6.84. The van der Waals surface area contributed by atoms with Crippen LogP contribution in [0.4, 0.5) is 0 Å². The van der Waals surface area contributed by atoms with Gasteiger partial charge < -0.3 is 4.74 Å². The minimum absolute atomic E-state index is 0.0354. The van der Waals surface area contributed by atoms with Gasteiger partial charge in [0.2, 0.25) is 0 Å². The first-order chi connectivity index (χ1) is 42.4. The number of hydrogen-bond acceptors (Lipinski definition) is 2. The van der Waals surface area contributed by atoms with E-state index in [0.29, 0.717) is 0 Å². The van der Waals surface area contributed by atoms with Crippen LogP contribution in [0.5, 0.6) is 5.75 Å². The van der Waals surface area contributed by atoms with Gasteiger partial charge in [-0.25, -0.2) is 0 Å². The van der Waals surface area contributed by atoms with E-state index in [1.54, 1.807) is 313 Å². The SMILES string of the molecule is CCCOc1ccc(CN2CC34c5c6c7c8c9c%10c(c%11c%12c3c3c5c5c%13c6c6c7c7c9c9c%14c%10c%10c%11c%11c%12c%12c3c3c5c5c%13c%13c6c6c7c9c7c9c%14c%10c%10c%11c%11c%12c3c3c5c5c%13c6c7c6c9c%10c%11c3c56)C84C2c2ccc(C#C[Si](C)(C)C)cc2)cc1. The smallest absolute Gasteiger partial charge is 0.129 e. The molecule has 1 atom stereocenters. The zero-order valence-corrected chi connectivity index (χ0v) is 47.4. The largest absolute Gasteiger partial charge is 0.494 e. The zero-order valence-electron chi connectivity index (χ0n) is 46.4. The highest BCUT2D eigenvalue weighted by atomic mass is 28.3. The molecule has 1 fully saturated rings. The zero-order chi connectivity index (χ0) is 53.1. The van der Waals surface area contributed by atoms with Crippen LogP contribution in [0.3, 0.4) is 0 Å². The third-order valence-electron chi connectivity index (χ3n) is 28.4. The molecule has 86 heavy (non-hydrogen) atoms. The van der Waals surface area contributed by atoms with Crippen LogP contribution in [0.1, 0.15) is 58.3 Å². The second-order valence-electron chi connectivity index (χ2n) is 31.4. The van der Waals surface area contributed by atoms with E-state index in [0.717, 1.165) is 37.4 Å². The van der Waals surface area contributed by atoms with Gasteiger partial charge >= 0.3 is 0 Å². The van der Waals surface area contributed by atoms with Crippen LogP contribution in [0, 0.1) is 11.5 Å². The molecule has 30 aromatic carbocycles. The van der Waals surface area contributed by atoms with Crippen LogP contribution in [0.25, 0.3) is 291 Å². The second-order valence-corrected chi connectivity index (χ2v) is 36.1. The normalized spacial score (nSPS) is 21.7. The molecule has 0 N–H and O–H groups in total. The van der Waals surface area contributed by atoms with Gasteiger partial charge in [-0.15, -0.1) is 5.54 Å². The van der Waals surface area contributed by atoms with E-state index in [1.807, 2.05) is 0 Å². The second kappa shape index (κ2) is 9.01. The lowest BCUT2D eigenvalue weighted by Crippen LogP contribution is -2.51. The van der Waals surface area contributed by atoms with Gasteiger partial charge in [-0.1, -0.05) is 56.8 Å². The molecule has 3 heteroatoms. The lowest BCUT2D eigenvalue weighted by atomic mass is 9.47. The van der Waals surface area contributed by atoms with Crippen molar-refractivity contribution in [2.75, 3.05) is 13.2 Å². The topological polar surface area (TPSA) is 12.5 Å². The lowest BCUT2D eigenvalue weighted by molar-refractivity contribution is 0.218. The summed E-state index contributed by atoms with van der Waals surface area (Å²) in [4.78, 5) is 3.11. The number of nitrogens with zero attached hydrogens (tertiary/aromatic N) is 1. The summed E-state index contributed by atoms with van der Waals surface area (Å²) in [6.07, 6.45) is 1.00. The molecule has 0 amide bonds. The molecule has 4 aliphatic carbocycles. The summed E-state index contributed by atoms with van der Waals surface area (Å²) < 4.78 is 6.34. The molecule has 5 aliphatic rings. The third kappa shape index (κ3) is 2.31. The lowest BCUT2D eigenvalue weighted by Gasteiger charge is -2.52. The van der Waals surface area contributed by atoms with Crippen LogP contribution in [-0.4, -0.2) is 26.1 Å². The maximum Gasteiger partial charge on any atom is 0.129 e. The van der Waals surface area contributed by atoms with Crippen molar-refractivity contribution in [2.45, 2.75) is 56.4 Å². The Hall–Kier alpha value is -9.56. The predicted octanol–water partition coefficient (Wildman–Crippen LogP) is 21.6. The average Bonchev–Trinajstić information content (AvgIpc) is 1.38. The fraction of sp³-hybridized carbons (Fsp3) is 0.133. The molecule has 2 spiro atoms. The molecule has 1 heterocycles. The first-order valence-corrected chi connectivity index (χ1v) is 35.8. The number of ether oxygens (including phenoxy) is 1. The maximum absolute atomic E-state index is 6.34. The van der Waals surface area contributed by atoms with Crippen molar-refractivity contribution in [1.29, 1.82) is 0 Å². The molecular formula is C83H29NOSi. The minimum Gasteiger partial charge on any atom is -0.494 e. The fourth-order valence-electron chi connectivity index (χ4n) is 27.7. The van der Waals surface area contributed by atoms with Crippen molar-refractivity contribution in [3.63, 3.8) is 0 Å². The van der Waals surface area contributed by atoms with Gasteiger partial charge in [0.25, 0.3) is 0 Å². The molecule has 376 valence electrons. The number of hydrogen-bond donors (Lipinski definition) is 0. The van der Waals surface area contributed by atoms with Crippen LogP contribution in [0.2, 0.25) is 19.6 Å². The molecule has 2 nitrogen and oxygen atoms in total. The van der Waals surface area contributed by atoms with E-state index >= 15 is 0 Å². The summed E-state index contributed by atoms with van der Waals surface area (Å²) in [6.45, 7) is 11.9. The molecule has 0 radical (unpaired) electrons. The third-order valence-corrected chi connectivity index (χ3v) is 29.2. The van der Waals surface area contributed by atoms with E-state index in [9.17, 15) is 0 Å². The van der Waals surface area contributed by atoms with Gasteiger partial charge in [0, 0.05) is 18.7 Å². The highest BCUT2D eigenvalue weighted by Crippen LogP contribution is 2.87. The van der Waals surface area contributed by atoms with Crippen molar-refractivity contribution in [1.82, 2.24) is 4.90 Å².